The third-order valence-electron chi connectivity index (χ3n) is 10.8. The van der Waals surface area contributed by atoms with Crippen LogP contribution in [0, 0.1) is 0 Å². The lowest BCUT2D eigenvalue weighted by Crippen LogP contribution is -2.65. The zero-order valence-corrected chi connectivity index (χ0v) is 33.5. The van der Waals surface area contributed by atoms with Crippen molar-refractivity contribution in [3.63, 3.8) is 0 Å². The van der Waals surface area contributed by atoms with Gasteiger partial charge in [-0.15, -0.1) is 0 Å². The van der Waals surface area contributed by atoms with Gasteiger partial charge in [-0.05, 0) is 70.1 Å². The van der Waals surface area contributed by atoms with Crippen LogP contribution in [0.5, 0.6) is 11.5 Å². The zero-order valence-electron chi connectivity index (χ0n) is 33.5. The van der Waals surface area contributed by atoms with Crippen LogP contribution in [-0.2, 0) is 68.7 Å². The van der Waals surface area contributed by atoms with E-state index < -0.39 is 30.2 Å². The summed E-state index contributed by atoms with van der Waals surface area (Å²) in [5.74, 6) is -0.331. The van der Waals surface area contributed by atoms with Gasteiger partial charge in [-0.3, -0.25) is 0 Å². The van der Waals surface area contributed by atoms with Crippen LogP contribution in [0.15, 0.2) is 158 Å². The third kappa shape index (κ3) is 10.1. The van der Waals surface area contributed by atoms with E-state index in [1.807, 2.05) is 153 Å². The summed E-state index contributed by atoms with van der Waals surface area (Å²) < 4.78 is 46.1. The minimum atomic E-state index is -1.99. The predicted molar refractivity (Wildman–Crippen MR) is 226 cm³/mol. The first-order valence-corrected chi connectivity index (χ1v) is 20.5. The average Bonchev–Trinajstić information content (AvgIpc) is 3.77. The first-order chi connectivity index (χ1) is 29.1. The van der Waals surface area contributed by atoms with E-state index in [0.29, 0.717) is 44.8 Å². The second-order valence-corrected chi connectivity index (χ2v) is 15.1. The Balaban J connectivity index is 1.20. The molecule has 2 aliphatic heterocycles. The lowest BCUT2D eigenvalue weighted by molar-refractivity contribution is -0.378. The fourth-order valence-electron chi connectivity index (χ4n) is 7.90. The summed E-state index contributed by atoms with van der Waals surface area (Å²) in [6, 6.07) is 52.1. The highest BCUT2D eigenvalue weighted by atomic mass is 16.7. The normalized spacial score (nSPS) is 21.1. The second kappa shape index (κ2) is 19.6. The van der Waals surface area contributed by atoms with Gasteiger partial charge < -0.3 is 38.3 Å². The summed E-state index contributed by atoms with van der Waals surface area (Å²) in [6.45, 7) is 4.37. The number of hydrogen-bond acceptors (Lipinski definition) is 8. The number of aliphatic hydroxyl groups is 1. The molecule has 59 heavy (non-hydrogen) atoms. The van der Waals surface area contributed by atoms with Crippen molar-refractivity contribution < 1.29 is 38.3 Å². The molecule has 0 radical (unpaired) electrons. The van der Waals surface area contributed by atoms with Gasteiger partial charge in [0, 0.05) is 18.4 Å². The summed E-state index contributed by atoms with van der Waals surface area (Å²) in [4.78, 5) is 0. The Morgan fingerprint density at radius 3 is 1.73 bits per heavy atom. The summed E-state index contributed by atoms with van der Waals surface area (Å²) in [6.07, 6.45) is -2.01. The first-order valence-electron chi connectivity index (χ1n) is 20.5. The van der Waals surface area contributed by atoms with Gasteiger partial charge in [0.2, 0.25) is 5.79 Å². The lowest BCUT2D eigenvalue weighted by atomic mass is 9.85. The average molecular weight is 793 g/mol. The number of hydrogen-bond donors (Lipinski definition) is 1. The SMILES string of the molecule is CCOc1ccc(Cc2cc(C3(O)O[C@H](COCc4ccccc4)[C@@H](OCc4ccccc4)[C@H](OCc4ccccc4)[C@H]3OCc3ccccc3)cc3c2OCC3)cc1. The minimum absolute atomic E-state index is 0.125. The molecular weight excluding hydrogens is 741 g/mol. The Labute approximate surface area is 347 Å². The van der Waals surface area contributed by atoms with Crippen molar-refractivity contribution in [3.05, 3.63) is 202 Å². The monoisotopic (exact) mass is 792 g/mol. The van der Waals surface area contributed by atoms with Gasteiger partial charge in [-0.25, -0.2) is 0 Å². The molecule has 0 aromatic heterocycles. The quantitative estimate of drug-likeness (QED) is 0.0924. The minimum Gasteiger partial charge on any atom is -0.494 e. The predicted octanol–water partition coefficient (Wildman–Crippen LogP) is 9.13. The van der Waals surface area contributed by atoms with E-state index in [-0.39, 0.29) is 19.8 Å². The molecule has 0 aliphatic carbocycles. The van der Waals surface area contributed by atoms with Crippen molar-refractivity contribution in [2.45, 2.75) is 76.4 Å². The maximum absolute atomic E-state index is 13.5. The van der Waals surface area contributed by atoms with Crippen LogP contribution in [-0.4, -0.2) is 49.3 Å². The zero-order chi connectivity index (χ0) is 40.3. The van der Waals surface area contributed by atoms with Crippen LogP contribution in [0.3, 0.4) is 0 Å². The Morgan fingerprint density at radius 2 is 1.15 bits per heavy atom. The van der Waals surface area contributed by atoms with E-state index in [2.05, 4.69) is 12.1 Å². The van der Waals surface area contributed by atoms with Crippen LogP contribution < -0.4 is 9.47 Å². The Kier molecular flexibility index (Phi) is 13.5. The van der Waals surface area contributed by atoms with Gasteiger partial charge in [-0.2, -0.15) is 0 Å². The van der Waals surface area contributed by atoms with Crippen molar-refractivity contribution in [1.29, 1.82) is 0 Å². The molecule has 0 bridgehead atoms. The standard InChI is InChI=1S/C51H52O8/c1-2-54-45-25-23-37(24-26-45)29-43-31-44(30-42-27-28-55-47(42)43)51(52)50(58-35-41-21-13-6-14-22-41)49(57-34-40-19-11-5-12-20-40)48(56-33-39-17-9-4-10-18-39)46(59-51)36-53-32-38-15-7-3-8-16-38/h3-26,30-31,46,48-50,52H,2,27-29,32-36H2,1H3/t46-,48-,49+,50-,51?/m1/s1. The molecular formula is C51H52O8. The molecule has 8 rings (SSSR count). The highest BCUT2D eigenvalue weighted by Gasteiger charge is 2.57. The summed E-state index contributed by atoms with van der Waals surface area (Å²) in [5.41, 5.74) is 7.55. The highest BCUT2D eigenvalue weighted by Crippen LogP contribution is 2.44. The second-order valence-electron chi connectivity index (χ2n) is 15.1. The maximum atomic E-state index is 13.5. The molecule has 1 unspecified atom stereocenters. The van der Waals surface area contributed by atoms with E-state index in [1.54, 1.807) is 0 Å². The molecule has 8 nitrogen and oxygen atoms in total. The fourth-order valence-corrected chi connectivity index (χ4v) is 7.90. The van der Waals surface area contributed by atoms with E-state index in [9.17, 15) is 5.11 Å². The van der Waals surface area contributed by atoms with Gasteiger partial charge in [0.1, 0.15) is 35.9 Å². The van der Waals surface area contributed by atoms with E-state index in [1.165, 1.54) is 0 Å². The van der Waals surface area contributed by atoms with Crippen molar-refractivity contribution in [3.8, 4) is 11.5 Å². The van der Waals surface area contributed by atoms with Crippen LogP contribution in [0.2, 0.25) is 0 Å². The van der Waals surface area contributed by atoms with Crippen LogP contribution in [0.25, 0.3) is 0 Å². The van der Waals surface area contributed by atoms with Gasteiger partial charge in [0.15, 0.2) is 0 Å². The molecule has 0 saturated carbocycles. The van der Waals surface area contributed by atoms with Gasteiger partial charge in [-0.1, -0.05) is 133 Å². The molecule has 0 amide bonds. The van der Waals surface area contributed by atoms with Gasteiger partial charge in [0.05, 0.1) is 46.2 Å². The molecule has 304 valence electrons. The molecule has 1 N–H and O–H groups in total. The molecule has 2 heterocycles. The maximum Gasteiger partial charge on any atom is 0.222 e. The van der Waals surface area contributed by atoms with Crippen molar-refractivity contribution in [1.82, 2.24) is 0 Å². The molecule has 1 saturated heterocycles. The highest BCUT2D eigenvalue weighted by molar-refractivity contribution is 5.50. The van der Waals surface area contributed by atoms with Gasteiger partial charge >= 0.3 is 0 Å². The Hall–Kier alpha value is -5.32. The third-order valence-corrected chi connectivity index (χ3v) is 10.8. The molecule has 6 aromatic rings. The Bertz CT molecular complexity index is 2180. The molecule has 8 heteroatoms. The summed E-state index contributed by atoms with van der Waals surface area (Å²) >= 11 is 0. The number of rotatable bonds is 18. The first kappa shape index (κ1) is 40.5. The van der Waals surface area contributed by atoms with E-state index >= 15 is 0 Å². The smallest absolute Gasteiger partial charge is 0.222 e. The van der Waals surface area contributed by atoms with Gasteiger partial charge in [0.25, 0.3) is 0 Å². The van der Waals surface area contributed by atoms with Crippen LogP contribution >= 0.6 is 0 Å². The van der Waals surface area contributed by atoms with E-state index in [0.717, 1.165) is 50.4 Å². The van der Waals surface area contributed by atoms with Crippen LogP contribution in [0.1, 0.15) is 51.4 Å². The summed E-state index contributed by atoms with van der Waals surface area (Å²) in [7, 11) is 0. The fraction of sp³-hybridized carbons (Fsp3) is 0.294. The molecule has 2 aliphatic rings. The number of fused-ring (bicyclic) bond motifs is 1. The van der Waals surface area contributed by atoms with Crippen molar-refractivity contribution in [2.24, 2.45) is 0 Å². The molecule has 0 spiro atoms. The summed E-state index contributed by atoms with van der Waals surface area (Å²) in [5, 5.41) is 13.5. The number of benzene rings is 6. The van der Waals surface area contributed by atoms with E-state index in [4.69, 9.17) is 33.2 Å². The molecule has 1 fully saturated rings. The Morgan fingerprint density at radius 1 is 0.610 bits per heavy atom. The van der Waals surface area contributed by atoms with Crippen LogP contribution in [0.4, 0.5) is 0 Å². The topological polar surface area (TPSA) is 84.8 Å². The lowest BCUT2D eigenvalue weighted by Gasteiger charge is -2.50. The van der Waals surface area contributed by atoms with Crippen molar-refractivity contribution >= 4 is 0 Å². The number of ether oxygens (including phenoxy) is 7. The van der Waals surface area contributed by atoms with Crippen molar-refractivity contribution in [2.75, 3.05) is 19.8 Å². The molecule has 5 atom stereocenters. The largest absolute Gasteiger partial charge is 0.494 e. The molecule has 6 aromatic carbocycles.